The zero-order valence-electron chi connectivity index (χ0n) is 16.1. The quantitative estimate of drug-likeness (QED) is 0.379. The van der Waals surface area contributed by atoms with Crippen LogP contribution in [-0.2, 0) is 12.8 Å². The summed E-state index contributed by atoms with van der Waals surface area (Å²) in [5, 5.41) is 0. The molecule has 27 heavy (non-hydrogen) atoms. The fourth-order valence-electron chi connectivity index (χ4n) is 3.35. The van der Waals surface area contributed by atoms with Crippen molar-refractivity contribution in [3.05, 3.63) is 83.4 Å². The maximum absolute atomic E-state index is 14.6. The smallest absolute Gasteiger partial charge is 0.166 e. The second-order valence-electron chi connectivity index (χ2n) is 6.99. The van der Waals surface area contributed by atoms with Gasteiger partial charge in [0.1, 0.15) is 0 Å². The Morgan fingerprint density at radius 3 is 1.81 bits per heavy atom. The minimum absolute atomic E-state index is 0.319. The molecule has 0 saturated heterocycles. The van der Waals surface area contributed by atoms with Gasteiger partial charge in [0.25, 0.3) is 0 Å². The number of rotatable bonds is 7. The van der Waals surface area contributed by atoms with E-state index in [9.17, 15) is 8.78 Å². The summed E-state index contributed by atoms with van der Waals surface area (Å²) in [6.07, 6.45) is 4.58. The second-order valence-corrected chi connectivity index (χ2v) is 6.99. The summed E-state index contributed by atoms with van der Waals surface area (Å²) in [5.41, 5.74) is 4.97. The van der Waals surface area contributed by atoms with Gasteiger partial charge in [-0.2, -0.15) is 0 Å². The van der Waals surface area contributed by atoms with Gasteiger partial charge < -0.3 is 0 Å². The lowest BCUT2D eigenvalue weighted by molar-refractivity contribution is 0.498. The van der Waals surface area contributed by atoms with Gasteiger partial charge >= 0.3 is 0 Å². The van der Waals surface area contributed by atoms with E-state index in [-0.39, 0.29) is 0 Å². The SMILES string of the molecule is CCCCCc1ccc(-c2ccc(-c3ccc(CC)cc3)cc2)c(F)c1F. The molecular weight excluding hydrogens is 338 g/mol. The van der Waals surface area contributed by atoms with Gasteiger partial charge in [0, 0.05) is 5.56 Å². The van der Waals surface area contributed by atoms with Crippen molar-refractivity contribution in [2.75, 3.05) is 0 Å². The van der Waals surface area contributed by atoms with E-state index in [0.717, 1.165) is 36.8 Å². The first-order valence-electron chi connectivity index (χ1n) is 9.80. The van der Waals surface area contributed by atoms with E-state index in [1.165, 1.54) is 5.56 Å². The lowest BCUT2D eigenvalue weighted by atomic mass is 9.97. The molecule has 0 heterocycles. The van der Waals surface area contributed by atoms with E-state index in [1.807, 2.05) is 24.3 Å². The predicted octanol–water partition coefficient (Wildman–Crippen LogP) is 7.59. The molecule has 0 aromatic heterocycles. The van der Waals surface area contributed by atoms with E-state index in [1.54, 1.807) is 12.1 Å². The summed E-state index contributed by atoms with van der Waals surface area (Å²) in [4.78, 5) is 0. The van der Waals surface area contributed by atoms with Crippen LogP contribution in [0.15, 0.2) is 60.7 Å². The van der Waals surface area contributed by atoms with Crippen LogP contribution in [0.4, 0.5) is 8.78 Å². The first-order chi connectivity index (χ1) is 13.1. The summed E-state index contributed by atoms with van der Waals surface area (Å²) >= 11 is 0. The van der Waals surface area contributed by atoms with Crippen LogP contribution in [0.2, 0.25) is 0 Å². The summed E-state index contributed by atoms with van der Waals surface area (Å²) in [5.74, 6) is -1.45. The highest BCUT2D eigenvalue weighted by molar-refractivity contribution is 5.71. The van der Waals surface area contributed by atoms with Crippen LogP contribution in [0.1, 0.15) is 44.2 Å². The molecule has 0 saturated carbocycles. The highest BCUT2D eigenvalue weighted by Gasteiger charge is 2.14. The van der Waals surface area contributed by atoms with Crippen LogP contribution in [-0.4, -0.2) is 0 Å². The lowest BCUT2D eigenvalue weighted by Crippen LogP contribution is -1.97. The van der Waals surface area contributed by atoms with Crippen LogP contribution in [0.25, 0.3) is 22.3 Å². The molecule has 3 rings (SSSR count). The van der Waals surface area contributed by atoms with E-state index in [2.05, 4.69) is 38.1 Å². The van der Waals surface area contributed by atoms with Crippen molar-refractivity contribution in [2.24, 2.45) is 0 Å². The van der Waals surface area contributed by atoms with Gasteiger partial charge in [-0.3, -0.25) is 0 Å². The van der Waals surface area contributed by atoms with Gasteiger partial charge in [-0.1, -0.05) is 87.4 Å². The molecule has 0 amide bonds. The van der Waals surface area contributed by atoms with Gasteiger partial charge in [0.05, 0.1) is 0 Å². The van der Waals surface area contributed by atoms with Crippen molar-refractivity contribution in [3.8, 4) is 22.3 Å². The zero-order valence-corrected chi connectivity index (χ0v) is 16.1. The number of unbranched alkanes of at least 4 members (excludes halogenated alkanes) is 2. The topological polar surface area (TPSA) is 0 Å². The molecule has 0 aliphatic heterocycles. The average molecular weight is 364 g/mol. The maximum Gasteiger partial charge on any atom is 0.166 e. The Bertz CT molecular complexity index is 877. The van der Waals surface area contributed by atoms with E-state index < -0.39 is 11.6 Å². The molecule has 3 aromatic rings. The third-order valence-corrected chi connectivity index (χ3v) is 5.10. The average Bonchev–Trinajstić information content (AvgIpc) is 2.72. The van der Waals surface area contributed by atoms with Gasteiger partial charge in [-0.15, -0.1) is 0 Å². The second kappa shape index (κ2) is 8.94. The molecule has 0 spiro atoms. The maximum atomic E-state index is 14.6. The summed E-state index contributed by atoms with van der Waals surface area (Å²) in [6.45, 7) is 4.23. The Hall–Kier alpha value is -2.48. The van der Waals surface area contributed by atoms with Gasteiger partial charge in [0.2, 0.25) is 0 Å². The number of aryl methyl sites for hydroxylation is 2. The summed E-state index contributed by atoms with van der Waals surface area (Å²) in [7, 11) is 0. The van der Waals surface area contributed by atoms with Gasteiger partial charge in [0.15, 0.2) is 11.6 Å². The molecule has 0 bridgehead atoms. The normalized spacial score (nSPS) is 11.0. The van der Waals surface area contributed by atoms with Crippen molar-refractivity contribution in [2.45, 2.75) is 46.0 Å². The van der Waals surface area contributed by atoms with Gasteiger partial charge in [-0.25, -0.2) is 8.78 Å². The fourth-order valence-corrected chi connectivity index (χ4v) is 3.35. The predicted molar refractivity (Wildman–Crippen MR) is 110 cm³/mol. The first-order valence-corrected chi connectivity index (χ1v) is 9.80. The Balaban J connectivity index is 1.83. The van der Waals surface area contributed by atoms with Crippen LogP contribution >= 0.6 is 0 Å². The molecule has 3 aromatic carbocycles. The summed E-state index contributed by atoms with van der Waals surface area (Å²) in [6, 6.07) is 19.5. The van der Waals surface area contributed by atoms with Crippen LogP contribution in [0.5, 0.6) is 0 Å². The number of hydrogen-bond donors (Lipinski definition) is 0. The Labute approximate surface area is 160 Å². The molecule has 0 nitrogen and oxygen atoms in total. The third-order valence-electron chi connectivity index (χ3n) is 5.10. The molecule has 0 N–H and O–H groups in total. The largest absolute Gasteiger partial charge is 0.203 e. The van der Waals surface area contributed by atoms with E-state index in [0.29, 0.717) is 23.1 Å². The highest BCUT2D eigenvalue weighted by Crippen LogP contribution is 2.29. The zero-order chi connectivity index (χ0) is 19.2. The Kier molecular flexibility index (Phi) is 6.39. The number of benzene rings is 3. The molecule has 0 unspecified atom stereocenters. The lowest BCUT2D eigenvalue weighted by Gasteiger charge is -2.10. The number of hydrogen-bond acceptors (Lipinski definition) is 0. The molecule has 0 atom stereocenters. The summed E-state index contributed by atoms with van der Waals surface area (Å²) < 4.78 is 29.0. The third kappa shape index (κ3) is 4.44. The van der Waals surface area contributed by atoms with Crippen molar-refractivity contribution in [3.63, 3.8) is 0 Å². The Morgan fingerprint density at radius 1 is 0.630 bits per heavy atom. The highest BCUT2D eigenvalue weighted by atomic mass is 19.2. The van der Waals surface area contributed by atoms with E-state index in [4.69, 9.17) is 0 Å². The van der Waals surface area contributed by atoms with Gasteiger partial charge in [-0.05, 0) is 47.1 Å². The number of halogens is 2. The van der Waals surface area contributed by atoms with Crippen molar-refractivity contribution in [1.29, 1.82) is 0 Å². The fraction of sp³-hybridized carbons (Fsp3) is 0.280. The minimum atomic E-state index is -0.746. The molecule has 0 fully saturated rings. The van der Waals surface area contributed by atoms with Crippen LogP contribution in [0, 0.1) is 11.6 Å². The van der Waals surface area contributed by atoms with E-state index >= 15 is 0 Å². The Morgan fingerprint density at radius 2 is 1.22 bits per heavy atom. The van der Waals surface area contributed by atoms with Crippen molar-refractivity contribution >= 4 is 0 Å². The van der Waals surface area contributed by atoms with Crippen LogP contribution in [0.3, 0.4) is 0 Å². The molecule has 0 radical (unpaired) electrons. The molecule has 0 aliphatic carbocycles. The van der Waals surface area contributed by atoms with Crippen molar-refractivity contribution in [1.82, 2.24) is 0 Å². The van der Waals surface area contributed by atoms with Crippen LogP contribution < -0.4 is 0 Å². The monoisotopic (exact) mass is 364 g/mol. The standard InChI is InChI=1S/C25H26F2/c1-3-5-6-7-22-16-17-23(25(27)24(22)26)21-14-12-20(13-15-21)19-10-8-18(4-2)9-11-19/h8-17H,3-7H2,1-2H3. The molecule has 0 aliphatic rings. The molecular formula is C25H26F2. The first kappa shape index (κ1) is 19.3. The molecule has 140 valence electrons. The van der Waals surface area contributed by atoms with Crippen molar-refractivity contribution < 1.29 is 8.78 Å². The molecule has 2 heteroatoms. The minimum Gasteiger partial charge on any atom is -0.203 e.